The second-order valence-electron chi connectivity index (χ2n) is 4.35. The van der Waals surface area contributed by atoms with Crippen LogP contribution in [0.5, 0.6) is 0 Å². The number of nitrogen functional groups attached to an aromatic ring is 1. The van der Waals surface area contributed by atoms with Gasteiger partial charge < -0.3 is 20.1 Å². The Labute approximate surface area is 133 Å². The largest absolute Gasteiger partial charge is 0.467 e. The monoisotopic (exact) mass is 334 g/mol. The highest BCUT2D eigenvalue weighted by molar-refractivity contribution is 6.34. The van der Waals surface area contributed by atoms with Crippen LogP contribution in [0.2, 0.25) is 5.02 Å². The lowest BCUT2D eigenvalue weighted by molar-refractivity contribution is -0.151. The van der Waals surface area contributed by atoms with E-state index in [4.69, 9.17) is 22.1 Å². The summed E-state index contributed by atoms with van der Waals surface area (Å²) < 4.78 is 9.91. The van der Waals surface area contributed by atoms with E-state index in [2.05, 4.69) is 4.74 Å². The lowest BCUT2D eigenvalue weighted by atomic mass is 10.1. The third-order valence-corrected chi connectivity index (χ3v) is 3.40. The van der Waals surface area contributed by atoms with Crippen LogP contribution in [0.15, 0.2) is 18.2 Å². The minimum atomic E-state index is -0.755. The maximum atomic E-state index is 12.5. The van der Waals surface area contributed by atoms with Crippen LogP contribution >= 0.6 is 24.0 Å². The van der Waals surface area contributed by atoms with E-state index in [1.165, 1.54) is 18.1 Å². The molecule has 0 aliphatic carbocycles. The third kappa shape index (κ3) is 3.78. The molecule has 1 aromatic carbocycles. The zero-order valence-corrected chi connectivity index (χ0v) is 12.9. The summed E-state index contributed by atoms with van der Waals surface area (Å²) in [5.41, 5.74) is 6.37. The van der Waals surface area contributed by atoms with Crippen LogP contribution in [-0.4, -0.2) is 49.7 Å². The highest BCUT2D eigenvalue weighted by Gasteiger charge is 2.34. The van der Waals surface area contributed by atoms with Crippen LogP contribution in [0, 0.1) is 0 Å². The predicted octanol–water partition coefficient (Wildman–Crippen LogP) is 1.36. The number of hydrogen-bond acceptors (Lipinski definition) is 5. The van der Waals surface area contributed by atoms with Crippen molar-refractivity contribution in [3.05, 3.63) is 28.8 Å². The molecule has 1 unspecified atom stereocenters. The molecule has 116 valence electrons. The van der Waals surface area contributed by atoms with E-state index < -0.39 is 12.0 Å². The SMILES string of the molecule is COC(=O)C1COCCN1C(=O)c1ccc(N)cc1Cl.Cl. The van der Waals surface area contributed by atoms with Crippen LogP contribution in [0.1, 0.15) is 10.4 Å². The molecule has 8 heteroatoms. The molecule has 0 spiro atoms. The van der Waals surface area contributed by atoms with Crippen molar-refractivity contribution in [3.63, 3.8) is 0 Å². The van der Waals surface area contributed by atoms with Crippen LogP contribution in [0.3, 0.4) is 0 Å². The Morgan fingerprint density at radius 3 is 2.81 bits per heavy atom. The molecular formula is C13H16Cl2N2O4. The summed E-state index contributed by atoms with van der Waals surface area (Å²) in [4.78, 5) is 25.6. The predicted molar refractivity (Wildman–Crippen MR) is 80.8 cm³/mol. The number of amides is 1. The smallest absolute Gasteiger partial charge is 0.331 e. The summed E-state index contributed by atoms with van der Waals surface area (Å²) >= 11 is 6.03. The maximum Gasteiger partial charge on any atom is 0.331 e. The molecular weight excluding hydrogens is 319 g/mol. The summed E-state index contributed by atoms with van der Waals surface area (Å²) in [5.74, 6) is -0.849. The van der Waals surface area contributed by atoms with Crippen molar-refractivity contribution in [1.82, 2.24) is 4.90 Å². The molecule has 1 aliphatic heterocycles. The van der Waals surface area contributed by atoms with Crippen LogP contribution in [-0.2, 0) is 14.3 Å². The number of benzene rings is 1. The molecule has 1 amide bonds. The minimum absolute atomic E-state index is 0. The van der Waals surface area contributed by atoms with Crippen molar-refractivity contribution in [2.75, 3.05) is 32.6 Å². The fourth-order valence-electron chi connectivity index (χ4n) is 2.04. The Kier molecular flexibility index (Phi) is 6.26. The van der Waals surface area contributed by atoms with Gasteiger partial charge in [0.2, 0.25) is 0 Å². The molecule has 1 heterocycles. The molecule has 21 heavy (non-hydrogen) atoms. The van der Waals surface area contributed by atoms with Gasteiger partial charge in [-0.25, -0.2) is 4.79 Å². The van der Waals surface area contributed by atoms with Gasteiger partial charge in [-0.1, -0.05) is 11.6 Å². The van der Waals surface area contributed by atoms with Gasteiger partial charge in [-0.15, -0.1) is 12.4 Å². The van der Waals surface area contributed by atoms with Crippen LogP contribution < -0.4 is 5.73 Å². The molecule has 1 fully saturated rings. The number of anilines is 1. The van der Waals surface area contributed by atoms with Gasteiger partial charge >= 0.3 is 5.97 Å². The number of methoxy groups -OCH3 is 1. The number of morpholine rings is 1. The fraction of sp³-hybridized carbons (Fsp3) is 0.385. The number of hydrogen-bond donors (Lipinski definition) is 1. The summed E-state index contributed by atoms with van der Waals surface area (Å²) in [6.07, 6.45) is 0. The lowest BCUT2D eigenvalue weighted by Crippen LogP contribution is -2.53. The molecule has 1 aliphatic rings. The van der Waals surface area contributed by atoms with Crippen molar-refractivity contribution in [2.24, 2.45) is 0 Å². The van der Waals surface area contributed by atoms with Crippen molar-refractivity contribution in [1.29, 1.82) is 0 Å². The quantitative estimate of drug-likeness (QED) is 0.652. The highest BCUT2D eigenvalue weighted by Crippen LogP contribution is 2.22. The Bertz CT molecular complexity index is 539. The minimum Gasteiger partial charge on any atom is -0.467 e. The molecule has 2 rings (SSSR count). The number of ether oxygens (including phenoxy) is 2. The zero-order valence-electron chi connectivity index (χ0n) is 11.4. The van der Waals surface area contributed by atoms with Gasteiger partial charge in [-0.3, -0.25) is 4.79 Å². The average molecular weight is 335 g/mol. The van der Waals surface area contributed by atoms with E-state index in [1.807, 2.05) is 0 Å². The Hall–Kier alpha value is -1.50. The topological polar surface area (TPSA) is 81.9 Å². The van der Waals surface area contributed by atoms with Gasteiger partial charge in [0.15, 0.2) is 6.04 Å². The van der Waals surface area contributed by atoms with E-state index in [-0.39, 0.29) is 29.9 Å². The number of rotatable bonds is 2. The summed E-state index contributed by atoms with van der Waals surface area (Å²) in [6.45, 7) is 0.788. The normalized spacial score (nSPS) is 17.8. The molecule has 2 N–H and O–H groups in total. The molecule has 1 atom stereocenters. The Morgan fingerprint density at radius 2 is 2.19 bits per heavy atom. The van der Waals surface area contributed by atoms with Gasteiger partial charge in [0.25, 0.3) is 5.91 Å². The highest BCUT2D eigenvalue weighted by atomic mass is 35.5. The second kappa shape index (κ2) is 7.49. The standard InChI is InChI=1S/C13H15ClN2O4.ClH/c1-19-13(18)11-7-20-5-4-16(11)12(17)9-3-2-8(15)6-10(9)14;/h2-3,6,11H,4-5,7,15H2,1H3;1H. The number of carbonyl (C=O) groups excluding carboxylic acids is 2. The second-order valence-corrected chi connectivity index (χ2v) is 4.76. The molecule has 0 saturated carbocycles. The summed E-state index contributed by atoms with van der Waals surface area (Å²) in [6, 6.07) is 3.88. The average Bonchev–Trinajstić information content (AvgIpc) is 2.46. The fourth-order valence-corrected chi connectivity index (χ4v) is 2.31. The van der Waals surface area contributed by atoms with Crippen molar-refractivity contribution in [2.45, 2.75) is 6.04 Å². The first-order valence-corrected chi connectivity index (χ1v) is 6.44. The van der Waals surface area contributed by atoms with Gasteiger partial charge in [0.05, 0.1) is 30.9 Å². The first-order chi connectivity index (χ1) is 9.54. The first-order valence-electron chi connectivity index (χ1n) is 6.06. The van der Waals surface area contributed by atoms with Gasteiger partial charge in [-0.2, -0.15) is 0 Å². The number of nitrogens with two attached hydrogens (primary N) is 1. The van der Waals surface area contributed by atoms with E-state index >= 15 is 0 Å². The zero-order chi connectivity index (χ0) is 14.7. The molecule has 1 saturated heterocycles. The maximum absolute atomic E-state index is 12.5. The van der Waals surface area contributed by atoms with E-state index in [0.717, 1.165) is 0 Å². The molecule has 0 radical (unpaired) electrons. The number of halogens is 2. The number of carbonyl (C=O) groups is 2. The Balaban J connectivity index is 0.00000220. The molecule has 1 aromatic rings. The van der Waals surface area contributed by atoms with Crippen LogP contribution in [0.4, 0.5) is 5.69 Å². The third-order valence-electron chi connectivity index (χ3n) is 3.09. The number of nitrogens with zero attached hydrogens (tertiary/aromatic N) is 1. The van der Waals surface area contributed by atoms with Crippen molar-refractivity contribution < 1.29 is 19.1 Å². The van der Waals surface area contributed by atoms with Crippen molar-refractivity contribution in [3.8, 4) is 0 Å². The van der Waals surface area contributed by atoms with Crippen molar-refractivity contribution >= 4 is 41.6 Å². The first kappa shape index (κ1) is 17.6. The molecule has 0 bridgehead atoms. The molecule has 0 aromatic heterocycles. The summed E-state index contributed by atoms with van der Waals surface area (Å²) in [7, 11) is 1.27. The summed E-state index contributed by atoms with van der Waals surface area (Å²) in [5, 5.41) is 0.255. The molecule has 6 nitrogen and oxygen atoms in total. The lowest BCUT2D eigenvalue weighted by Gasteiger charge is -2.33. The van der Waals surface area contributed by atoms with E-state index in [9.17, 15) is 9.59 Å². The van der Waals surface area contributed by atoms with Crippen LogP contribution in [0.25, 0.3) is 0 Å². The van der Waals surface area contributed by atoms with E-state index in [1.54, 1.807) is 12.1 Å². The van der Waals surface area contributed by atoms with Gasteiger partial charge in [0, 0.05) is 12.2 Å². The van der Waals surface area contributed by atoms with Gasteiger partial charge in [-0.05, 0) is 18.2 Å². The van der Waals surface area contributed by atoms with E-state index in [0.29, 0.717) is 24.4 Å². The van der Waals surface area contributed by atoms with Gasteiger partial charge in [0.1, 0.15) is 0 Å². The number of esters is 1. The Morgan fingerprint density at radius 1 is 1.48 bits per heavy atom.